The number of aliphatic hydroxyl groups is 1. The zero-order chi connectivity index (χ0) is 13.5. The lowest BCUT2D eigenvalue weighted by atomic mass is 10.0. The fourth-order valence-electron chi connectivity index (χ4n) is 1.34. The Labute approximate surface area is 120 Å². The van der Waals surface area contributed by atoms with Crippen LogP contribution in [0.25, 0.3) is 0 Å². The highest BCUT2D eigenvalue weighted by Crippen LogP contribution is 2.14. The van der Waals surface area contributed by atoms with Gasteiger partial charge in [0.1, 0.15) is 6.10 Å². The lowest BCUT2D eigenvalue weighted by molar-refractivity contribution is 0.000615. The molecular formula is C11H17IN4O2. The molecule has 6 nitrogen and oxygen atoms in total. The number of hydrogen-bond donors (Lipinski definition) is 5. The first-order chi connectivity index (χ1) is 8.60. The number of hydrogen-bond acceptors (Lipinski definition) is 6. The van der Waals surface area contributed by atoms with Crippen molar-refractivity contribution in [3.05, 3.63) is 23.5 Å². The Morgan fingerprint density at radius 2 is 2.17 bits per heavy atom. The third-order valence-corrected chi connectivity index (χ3v) is 3.08. The molecule has 0 amide bonds. The van der Waals surface area contributed by atoms with Crippen LogP contribution in [0.15, 0.2) is 23.5 Å². The predicted molar refractivity (Wildman–Crippen MR) is 79.5 cm³/mol. The van der Waals surface area contributed by atoms with Crippen LogP contribution in [0.5, 0.6) is 0 Å². The second kappa shape index (κ2) is 7.49. The molecule has 100 valence electrons. The van der Waals surface area contributed by atoms with E-state index < -0.39 is 6.10 Å². The van der Waals surface area contributed by atoms with Crippen LogP contribution in [0.1, 0.15) is 0 Å². The van der Waals surface area contributed by atoms with Crippen LogP contribution in [0.2, 0.25) is 0 Å². The first-order valence-electron chi connectivity index (χ1n) is 5.44. The topological polar surface area (TPSA) is 101 Å². The molecule has 0 aromatic heterocycles. The smallest absolute Gasteiger partial charge is 0.111 e. The minimum absolute atomic E-state index is 0.231. The fraction of sp³-hybridized carbons (Fsp3) is 0.455. The molecule has 0 saturated carbocycles. The number of aliphatic hydroxyl groups excluding tert-OH is 1. The van der Waals surface area contributed by atoms with Gasteiger partial charge in [-0.3, -0.25) is 5.41 Å². The standard InChI is InChI=1S/C11H17IN4O2/c1-15-4-9(11(12)14)10(17)7(2-13)3-16-8-5-18-6-8/h2-4,8,10,13-17H,5-6H2,1H3/b7-3+,9-4-,13-2?,14-11?. The predicted octanol–water partition coefficient (Wildman–Crippen LogP) is 0.385. The third kappa shape index (κ3) is 4.07. The summed E-state index contributed by atoms with van der Waals surface area (Å²) in [6, 6.07) is 0.239. The average molecular weight is 364 g/mol. The molecule has 1 saturated heterocycles. The number of rotatable bonds is 7. The van der Waals surface area contributed by atoms with Gasteiger partial charge in [-0.15, -0.1) is 0 Å². The maximum Gasteiger partial charge on any atom is 0.111 e. The minimum atomic E-state index is -0.993. The van der Waals surface area contributed by atoms with Gasteiger partial charge >= 0.3 is 0 Å². The molecule has 1 aliphatic heterocycles. The van der Waals surface area contributed by atoms with Gasteiger partial charge in [-0.05, 0) is 22.6 Å². The van der Waals surface area contributed by atoms with Crippen LogP contribution in [-0.2, 0) is 4.74 Å². The van der Waals surface area contributed by atoms with Gasteiger partial charge in [-0.25, -0.2) is 0 Å². The summed E-state index contributed by atoms with van der Waals surface area (Å²) in [5, 5.41) is 30.9. The van der Waals surface area contributed by atoms with E-state index in [0.29, 0.717) is 24.4 Å². The summed E-state index contributed by atoms with van der Waals surface area (Å²) in [7, 11) is 1.70. The van der Waals surface area contributed by atoms with Gasteiger partial charge in [0.15, 0.2) is 0 Å². The second-order valence-corrected chi connectivity index (χ2v) is 4.87. The zero-order valence-electron chi connectivity index (χ0n) is 10.0. The molecule has 7 heteroatoms. The number of ether oxygens (including phenoxy) is 1. The van der Waals surface area contributed by atoms with E-state index in [1.54, 1.807) is 19.4 Å². The van der Waals surface area contributed by atoms with Crippen molar-refractivity contribution in [3.63, 3.8) is 0 Å². The maximum atomic E-state index is 10.1. The van der Waals surface area contributed by atoms with E-state index in [4.69, 9.17) is 15.6 Å². The Hall–Kier alpha value is -0.930. The largest absolute Gasteiger partial charge is 0.394 e. The molecule has 0 aromatic rings. The van der Waals surface area contributed by atoms with Crippen LogP contribution in [0.3, 0.4) is 0 Å². The summed E-state index contributed by atoms with van der Waals surface area (Å²) in [5.41, 5.74) is 0.837. The lowest BCUT2D eigenvalue weighted by Crippen LogP contribution is -2.43. The third-order valence-electron chi connectivity index (χ3n) is 2.45. The van der Waals surface area contributed by atoms with Crippen molar-refractivity contribution in [2.45, 2.75) is 12.1 Å². The number of halogens is 1. The van der Waals surface area contributed by atoms with E-state index in [9.17, 15) is 5.11 Å². The molecule has 1 atom stereocenters. The molecular weight excluding hydrogens is 347 g/mol. The molecule has 18 heavy (non-hydrogen) atoms. The van der Waals surface area contributed by atoms with E-state index in [1.807, 2.05) is 22.6 Å². The van der Waals surface area contributed by atoms with E-state index in [-0.39, 0.29) is 9.76 Å². The highest BCUT2D eigenvalue weighted by atomic mass is 127. The van der Waals surface area contributed by atoms with Gasteiger partial charge in [0.05, 0.1) is 23.0 Å². The van der Waals surface area contributed by atoms with E-state index >= 15 is 0 Å². The van der Waals surface area contributed by atoms with E-state index in [0.717, 1.165) is 6.21 Å². The molecule has 0 spiro atoms. The zero-order valence-corrected chi connectivity index (χ0v) is 12.2. The molecule has 1 unspecified atom stereocenters. The van der Waals surface area contributed by atoms with Crippen molar-refractivity contribution in [2.24, 2.45) is 0 Å². The molecule has 1 aliphatic rings. The Morgan fingerprint density at radius 3 is 2.56 bits per heavy atom. The van der Waals surface area contributed by atoms with Crippen molar-refractivity contribution in [1.82, 2.24) is 10.6 Å². The summed E-state index contributed by atoms with van der Waals surface area (Å²) < 4.78 is 5.25. The molecule has 5 N–H and O–H groups in total. The Kier molecular flexibility index (Phi) is 6.30. The van der Waals surface area contributed by atoms with Gasteiger partial charge in [-0.1, -0.05) is 0 Å². The summed E-state index contributed by atoms with van der Waals surface area (Å²) in [5.74, 6) is 0. The Balaban J connectivity index is 2.75. The van der Waals surface area contributed by atoms with Gasteiger partial charge in [0.25, 0.3) is 0 Å². The summed E-state index contributed by atoms with van der Waals surface area (Å²) in [6.45, 7) is 1.28. The quantitative estimate of drug-likeness (QED) is 0.333. The normalized spacial score (nSPS) is 18.8. The van der Waals surface area contributed by atoms with Crippen molar-refractivity contribution >= 4 is 32.5 Å². The van der Waals surface area contributed by atoms with Crippen LogP contribution >= 0.6 is 22.6 Å². The maximum absolute atomic E-state index is 10.1. The Bertz CT molecular complexity index is 377. The molecule has 0 radical (unpaired) electrons. The SMILES string of the molecule is CN/C=C(\C(=N)I)C(O)/C(C=N)=C/NC1COC1. The highest BCUT2D eigenvalue weighted by molar-refractivity contribution is 14.1. The summed E-state index contributed by atoms with van der Waals surface area (Å²) in [6.07, 6.45) is 3.25. The van der Waals surface area contributed by atoms with Crippen LogP contribution in [0, 0.1) is 10.8 Å². The molecule has 0 aromatic carbocycles. The van der Waals surface area contributed by atoms with Crippen molar-refractivity contribution in [2.75, 3.05) is 20.3 Å². The van der Waals surface area contributed by atoms with Crippen molar-refractivity contribution < 1.29 is 9.84 Å². The Morgan fingerprint density at radius 1 is 1.50 bits per heavy atom. The average Bonchev–Trinajstić information content (AvgIpc) is 2.28. The first kappa shape index (κ1) is 15.1. The summed E-state index contributed by atoms with van der Waals surface area (Å²) >= 11 is 1.83. The lowest BCUT2D eigenvalue weighted by Gasteiger charge is -2.26. The van der Waals surface area contributed by atoms with Gasteiger partial charge < -0.3 is 25.9 Å². The number of nitrogens with one attached hydrogen (secondary N) is 4. The molecule has 0 bridgehead atoms. The van der Waals surface area contributed by atoms with E-state index in [1.165, 1.54) is 0 Å². The molecule has 1 heterocycles. The summed E-state index contributed by atoms with van der Waals surface area (Å²) in [4.78, 5) is 0. The minimum Gasteiger partial charge on any atom is -0.394 e. The first-order valence-corrected chi connectivity index (χ1v) is 6.52. The second-order valence-electron chi connectivity index (χ2n) is 3.79. The van der Waals surface area contributed by atoms with Crippen LogP contribution in [-0.4, -0.2) is 47.4 Å². The fourth-order valence-corrected chi connectivity index (χ4v) is 1.79. The van der Waals surface area contributed by atoms with E-state index in [2.05, 4.69) is 10.6 Å². The molecule has 1 fully saturated rings. The highest BCUT2D eigenvalue weighted by Gasteiger charge is 2.20. The van der Waals surface area contributed by atoms with Gasteiger partial charge in [-0.2, -0.15) is 0 Å². The molecule has 0 aliphatic carbocycles. The van der Waals surface area contributed by atoms with Crippen molar-refractivity contribution in [1.29, 1.82) is 10.8 Å². The van der Waals surface area contributed by atoms with Gasteiger partial charge in [0.2, 0.25) is 0 Å². The molecule has 1 rings (SSSR count). The van der Waals surface area contributed by atoms with Crippen molar-refractivity contribution in [3.8, 4) is 0 Å². The van der Waals surface area contributed by atoms with Crippen LogP contribution < -0.4 is 10.6 Å². The van der Waals surface area contributed by atoms with Crippen LogP contribution in [0.4, 0.5) is 0 Å². The van der Waals surface area contributed by atoms with Gasteiger partial charge in [0, 0.05) is 36.8 Å². The monoisotopic (exact) mass is 364 g/mol.